The Morgan fingerprint density at radius 3 is 2.62 bits per heavy atom. The second-order valence-electron chi connectivity index (χ2n) is 3.98. The minimum atomic E-state index is -4.26. The molecule has 1 aromatic rings. The monoisotopic (exact) mass is 336 g/mol. The normalized spacial score (nSPS) is 12.5. The van der Waals surface area contributed by atoms with Gasteiger partial charge in [0.1, 0.15) is 10.6 Å². The number of nitrogens with zero attached hydrogens (tertiary/aromatic N) is 1. The van der Waals surface area contributed by atoms with Gasteiger partial charge in [0.15, 0.2) is 6.10 Å². The molecule has 0 aliphatic carbocycles. The van der Waals surface area contributed by atoms with Crippen molar-refractivity contribution in [2.75, 3.05) is 6.54 Å². The maximum Gasteiger partial charge on any atom is 0.271 e. The van der Waals surface area contributed by atoms with Crippen molar-refractivity contribution in [3.05, 3.63) is 28.3 Å². The SMILES string of the molecule is CCNC(=O)C(C)Oc1ccc([N+](=O)[O-])cc1S(=O)(=O)Cl. The molecule has 1 rings (SSSR count). The summed E-state index contributed by atoms with van der Waals surface area (Å²) >= 11 is 0. The van der Waals surface area contributed by atoms with E-state index >= 15 is 0 Å². The molecule has 116 valence electrons. The zero-order valence-electron chi connectivity index (χ0n) is 11.2. The van der Waals surface area contributed by atoms with Gasteiger partial charge in [-0.1, -0.05) is 0 Å². The van der Waals surface area contributed by atoms with Crippen LogP contribution in [0.1, 0.15) is 13.8 Å². The van der Waals surface area contributed by atoms with Crippen molar-refractivity contribution in [2.45, 2.75) is 24.8 Å². The molecule has 0 saturated carbocycles. The molecule has 8 nitrogen and oxygen atoms in total. The molecular formula is C11H13ClN2O6S. The average molecular weight is 337 g/mol. The zero-order valence-corrected chi connectivity index (χ0v) is 12.8. The first-order chi connectivity index (χ1) is 9.66. The molecule has 0 bridgehead atoms. The van der Waals surface area contributed by atoms with E-state index in [4.69, 9.17) is 15.4 Å². The Balaban J connectivity index is 3.18. The van der Waals surface area contributed by atoms with Crippen LogP contribution in [-0.4, -0.2) is 31.9 Å². The molecule has 1 amide bonds. The van der Waals surface area contributed by atoms with E-state index in [2.05, 4.69) is 5.32 Å². The predicted molar refractivity (Wildman–Crippen MR) is 74.9 cm³/mol. The summed E-state index contributed by atoms with van der Waals surface area (Å²) in [6.07, 6.45) is -0.983. The summed E-state index contributed by atoms with van der Waals surface area (Å²) in [6, 6.07) is 2.93. The number of hydrogen-bond donors (Lipinski definition) is 1. The number of non-ortho nitro benzene ring substituents is 1. The van der Waals surface area contributed by atoms with Crippen molar-refractivity contribution < 1.29 is 22.9 Å². The van der Waals surface area contributed by atoms with E-state index in [-0.39, 0.29) is 5.75 Å². The van der Waals surface area contributed by atoms with Gasteiger partial charge in [-0.15, -0.1) is 0 Å². The molecule has 0 heterocycles. The smallest absolute Gasteiger partial charge is 0.271 e. The Morgan fingerprint density at radius 2 is 2.14 bits per heavy atom. The van der Waals surface area contributed by atoms with Crippen molar-refractivity contribution in [2.24, 2.45) is 0 Å². The van der Waals surface area contributed by atoms with E-state index in [1.165, 1.54) is 6.92 Å². The van der Waals surface area contributed by atoms with Crippen molar-refractivity contribution >= 4 is 31.3 Å². The van der Waals surface area contributed by atoms with Gasteiger partial charge < -0.3 is 10.1 Å². The fraction of sp³-hybridized carbons (Fsp3) is 0.364. The molecule has 1 unspecified atom stereocenters. The Kier molecular flexibility index (Phi) is 5.50. The van der Waals surface area contributed by atoms with E-state index < -0.39 is 36.6 Å². The summed E-state index contributed by atoms with van der Waals surface area (Å²) in [4.78, 5) is 20.9. The van der Waals surface area contributed by atoms with Gasteiger partial charge in [0.05, 0.1) is 4.92 Å². The number of halogens is 1. The minimum absolute atomic E-state index is 0.227. The van der Waals surface area contributed by atoms with E-state index in [0.29, 0.717) is 6.54 Å². The number of nitrogens with one attached hydrogen (secondary N) is 1. The Morgan fingerprint density at radius 1 is 1.52 bits per heavy atom. The van der Waals surface area contributed by atoms with Crippen LogP contribution in [0.4, 0.5) is 5.69 Å². The molecule has 0 aliphatic rings. The fourth-order valence-corrected chi connectivity index (χ4v) is 2.44. The van der Waals surface area contributed by atoms with Gasteiger partial charge >= 0.3 is 0 Å². The van der Waals surface area contributed by atoms with Crippen LogP contribution in [0.15, 0.2) is 23.1 Å². The lowest BCUT2D eigenvalue weighted by molar-refractivity contribution is -0.385. The summed E-state index contributed by atoms with van der Waals surface area (Å²) in [5.41, 5.74) is -0.452. The summed E-state index contributed by atoms with van der Waals surface area (Å²) in [5.74, 6) is -0.678. The van der Waals surface area contributed by atoms with Gasteiger partial charge in [0.25, 0.3) is 20.6 Å². The van der Waals surface area contributed by atoms with E-state index in [1.807, 2.05) is 0 Å². The van der Waals surface area contributed by atoms with Crippen LogP contribution >= 0.6 is 10.7 Å². The Bertz CT molecular complexity index is 661. The fourth-order valence-electron chi connectivity index (χ4n) is 1.46. The van der Waals surface area contributed by atoms with Gasteiger partial charge in [-0.2, -0.15) is 0 Å². The van der Waals surface area contributed by atoms with E-state index in [0.717, 1.165) is 18.2 Å². The average Bonchev–Trinajstić information content (AvgIpc) is 2.37. The molecule has 1 aromatic carbocycles. The molecule has 0 spiro atoms. The Hall–Kier alpha value is -1.87. The molecular weight excluding hydrogens is 324 g/mol. The first kappa shape index (κ1) is 17.2. The van der Waals surface area contributed by atoms with E-state index in [9.17, 15) is 23.3 Å². The minimum Gasteiger partial charge on any atom is -0.479 e. The highest BCUT2D eigenvalue weighted by atomic mass is 35.7. The third-order valence-corrected chi connectivity index (χ3v) is 3.77. The number of nitro groups is 1. The number of ether oxygens (including phenoxy) is 1. The van der Waals surface area contributed by atoms with Crippen LogP contribution in [0.25, 0.3) is 0 Å². The molecule has 0 saturated heterocycles. The van der Waals surface area contributed by atoms with Gasteiger partial charge in [0.2, 0.25) is 0 Å². The molecule has 1 N–H and O–H groups in total. The summed E-state index contributed by atoms with van der Waals surface area (Å²) in [6.45, 7) is 3.51. The Labute approximate surface area is 125 Å². The topological polar surface area (TPSA) is 116 Å². The molecule has 10 heteroatoms. The zero-order chi connectivity index (χ0) is 16.2. The number of carbonyl (C=O) groups excluding carboxylic acids is 1. The van der Waals surface area contributed by atoms with Gasteiger partial charge in [-0.05, 0) is 19.9 Å². The van der Waals surface area contributed by atoms with Crippen LogP contribution in [0.5, 0.6) is 5.75 Å². The second-order valence-corrected chi connectivity index (χ2v) is 6.52. The standard InChI is InChI=1S/C11H13ClN2O6S/c1-3-13-11(15)7(2)20-9-5-4-8(14(16)17)6-10(9)21(12,18)19/h4-7H,3H2,1-2H3,(H,13,15). The van der Waals surface area contributed by atoms with Gasteiger partial charge in [-0.25, -0.2) is 8.42 Å². The number of hydrogen-bond acceptors (Lipinski definition) is 6. The lowest BCUT2D eigenvalue weighted by atomic mass is 10.3. The molecule has 0 aliphatic heterocycles. The molecule has 0 fully saturated rings. The highest BCUT2D eigenvalue weighted by Gasteiger charge is 2.24. The second kappa shape index (κ2) is 6.72. The number of rotatable bonds is 6. The lowest BCUT2D eigenvalue weighted by Gasteiger charge is -2.15. The van der Waals surface area contributed by atoms with Gasteiger partial charge in [0, 0.05) is 29.4 Å². The van der Waals surface area contributed by atoms with Crippen LogP contribution in [0.3, 0.4) is 0 Å². The summed E-state index contributed by atoms with van der Waals surface area (Å²) in [7, 11) is 0.972. The number of carbonyl (C=O) groups is 1. The number of likely N-dealkylation sites (N-methyl/N-ethyl adjacent to an activating group) is 1. The summed E-state index contributed by atoms with van der Waals surface area (Å²) < 4.78 is 28.2. The van der Waals surface area contributed by atoms with Crippen LogP contribution < -0.4 is 10.1 Å². The number of benzene rings is 1. The largest absolute Gasteiger partial charge is 0.479 e. The quantitative estimate of drug-likeness (QED) is 0.477. The maximum absolute atomic E-state index is 11.6. The molecule has 0 radical (unpaired) electrons. The molecule has 1 atom stereocenters. The first-order valence-corrected chi connectivity index (χ1v) is 8.15. The first-order valence-electron chi connectivity index (χ1n) is 5.84. The maximum atomic E-state index is 11.6. The van der Waals surface area contributed by atoms with Crippen molar-refractivity contribution in [1.82, 2.24) is 5.32 Å². The van der Waals surface area contributed by atoms with Crippen molar-refractivity contribution in [1.29, 1.82) is 0 Å². The third kappa shape index (κ3) is 4.57. The number of nitro benzene ring substituents is 1. The lowest BCUT2D eigenvalue weighted by Crippen LogP contribution is -2.36. The summed E-state index contributed by atoms with van der Waals surface area (Å²) in [5, 5.41) is 13.2. The van der Waals surface area contributed by atoms with Gasteiger partial charge in [-0.3, -0.25) is 14.9 Å². The predicted octanol–water partition coefficient (Wildman–Crippen LogP) is 1.43. The van der Waals surface area contributed by atoms with Crippen LogP contribution in [0.2, 0.25) is 0 Å². The van der Waals surface area contributed by atoms with Crippen molar-refractivity contribution in [3.63, 3.8) is 0 Å². The highest BCUT2D eigenvalue weighted by molar-refractivity contribution is 8.13. The molecule has 21 heavy (non-hydrogen) atoms. The van der Waals surface area contributed by atoms with E-state index in [1.54, 1.807) is 6.92 Å². The molecule has 0 aromatic heterocycles. The van der Waals surface area contributed by atoms with Crippen LogP contribution in [0, 0.1) is 10.1 Å². The van der Waals surface area contributed by atoms with Crippen molar-refractivity contribution in [3.8, 4) is 5.75 Å². The van der Waals surface area contributed by atoms with Crippen LogP contribution in [-0.2, 0) is 13.8 Å². The third-order valence-electron chi connectivity index (χ3n) is 2.42. The highest BCUT2D eigenvalue weighted by Crippen LogP contribution is 2.31. The number of amides is 1.